The Morgan fingerprint density at radius 1 is 1.08 bits per heavy atom. The summed E-state index contributed by atoms with van der Waals surface area (Å²) in [7, 11) is 1.78. The highest BCUT2D eigenvalue weighted by atomic mass is 16.5. The van der Waals surface area contributed by atoms with E-state index in [1.807, 2.05) is 19.1 Å². The van der Waals surface area contributed by atoms with Crippen LogP contribution in [0.2, 0.25) is 0 Å². The number of nitrogens with one attached hydrogen (secondary N) is 2. The van der Waals surface area contributed by atoms with E-state index >= 15 is 0 Å². The van der Waals surface area contributed by atoms with Gasteiger partial charge in [0.2, 0.25) is 5.88 Å². The Morgan fingerprint density at radius 2 is 1.84 bits per heavy atom. The largest absolute Gasteiger partial charge is 0.478 e. The molecule has 5 heteroatoms. The molecule has 0 spiro atoms. The minimum atomic E-state index is 0.617. The quantitative estimate of drug-likeness (QED) is 0.601. The summed E-state index contributed by atoms with van der Waals surface area (Å²) in [6.45, 7) is 8.35. The number of aliphatic imine (C=N–C) groups is 1. The van der Waals surface area contributed by atoms with Crippen molar-refractivity contribution in [1.29, 1.82) is 0 Å². The van der Waals surface area contributed by atoms with Gasteiger partial charge in [-0.2, -0.15) is 0 Å². The molecule has 2 aromatic rings. The average molecular weight is 340 g/mol. The summed E-state index contributed by atoms with van der Waals surface area (Å²) in [5.41, 5.74) is 5.06. The summed E-state index contributed by atoms with van der Waals surface area (Å²) < 4.78 is 5.43. The topological polar surface area (TPSA) is 58.5 Å². The lowest BCUT2D eigenvalue weighted by Gasteiger charge is -2.13. The first-order chi connectivity index (χ1) is 12.1. The number of hydrogen-bond donors (Lipinski definition) is 2. The molecule has 0 aliphatic heterocycles. The van der Waals surface area contributed by atoms with Crippen LogP contribution >= 0.6 is 0 Å². The highest BCUT2D eigenvalue weighted by molar-refractivity contribution is 5.79. The van der Waals surface area contributed by atoms with Crippen molar-refractivity contribution < 1.29 is 4.74 Å². The number of pyridine rings is 1. The normalized spacial score (nSPS) is 11.3. The van der Waals surface area contributed by atoms with Crippen molar-refractivity contribution in [2.24, 2.45) is 4.99 Å². The fourth-order valence-electron chi connectivity index (χ4n) is 2.73. The number of aromatic nitrogens is 1. The van der Waals surface area contributed by atoms with E-state index in [2.05, 4.69) is 52.7 Å². The highest BCUT2D eigenvalue weighted by Crippen LogP contribution is 2.10. The van der Waals surface area contributed by atoms with E-state index in [1.54, 1.807) is 13.2 Å². The molecule has 0 aliphatic carbocycles. The van der Waals surface area contributed by atoms with Crippen molar-refractivity contribution in [3.8, 4) is 5.88 Å². The minimum Gasteiger partial charge on any atom is -0.478 e. The molecular formula is C20H28N4O. The molecule has 0 bridgehead atoms. The van der Waals surface area contributed by atoms with Gasteiger partial charge in [-0.25, -0.2) is 4.98 Å². The maximum atomic E-state index is 5.43. The Balaban J connectivity index is 1.81. The lowest BCUT2D eigenvalue weighted by Crippen LogP contribution is -2.37. The van der Waals surface area contributed by atoms with Crippen LogP contribution in [0.5, 0.6) is 5.88 Å². The zero-order chi connectivity index (χ0) is 18.1. The van der Waals surface area contributed by atoms with Gasteiger partial charge in [-0.05, 0) is 44.4 Å². The fourth-order valence-corrected chi connectivity index (χ4v) is 2.73. The summed E-state index contributed by atoms with van der Waals surface area (Å²) in [5.74, 6) is 1.44. The van der Waals surface area contributed by atoms with E-state index < -0.39 is 0 Å². The molecular weight excluding hydrogens is 312 g/mol. The second-order valence-electron chi connectivity index (χ2n) is 6.03. The third-order valence-electron chi connectivity index (χ3n) is 3.76. The number of hydrogen-bond acceptors (Lipinski definition) is 3. The predicted molar refractivity (Wildman–Crippen MR) is 103 cm³/mol. The molecule has 2 rings (SSSR count). The van der Waals surface area contributed by atoms with Crippen LogP contribution in [0, 0.1) is 13.8 Å². The summed E-state index contributed by atoms with van der Waals surface area (Å²) in [6, 6.07) is 10.6. The number of guanidine groups is 1. The number of ether oxygens (including phenoxy) is 1. The predicted octanol–water partition coefficient (Wildman–Crippen LogP) is 3.00. The molecule has 2 N–H and O–H groups in total. The second-order valence-corrected chi connectivity index (χ2v) is 6.03. The molecule has 0 saturated carbocycles. The maximum Gasteiger partial charge on any atom is 0.213 e. The number of benzene rings is 1. The lowest BCUT2D eigenvalue weighted by atomic mass is 10.1. The zero-order valence-corrected chi connectivity index (χ0v) is 15.6. The third kappa shape index (κ3) is 6.45. The first-order valence-corrected chi connectivity index (χ1v) is 8.70. The Hall–Kier alpha value is -2.56. The van der Waals surface area contributed by atoms with Gasteiger partial charge < -0.3 is 15.4 Å². The van der Waals surface area contributed by atoms with Crippen molar-refractivity contribution in [2.75, 3.05) is 20.2 Å². The first-order valence-electron chi connectivity index (χ1n) is 8.70. The molecule has 0 fully saturated rings. The van der Waals surface area contributed by atoms with Gasteiger partial charge in [0.1, 0.15) is 0 Å². The molecule has 0 unspecified atom stereocenters. The Labute approximate surface area is 150 Å². The smallest absolute Gasteiger partial charge is 0.213 e. The van der Waals surface area contributed by atoms with Crippen molar-refractivity contribution in [2.45, 2.75) is 33.7 Å². The van der Waals surface area contributed by atoms with Crippen LogP contribution in [0.3, 0.4) is 0 Å². The van der Waals surface area contributed by atoms with Crippen LogP contribution in [0.1, 0.15) is 29.2 Å². The van der Waals surface area contributed by atoms with Gasteiger partial charge in [0, 0.05) is 32.4 Å². The summed E-state index contributed by atoms with van der Waals surface area (Å²) in [6.07, 6.45) is 2.73. The van der Waals surface area contributed by atoms with Crippen LogP contribution < -0.4 is 15.4 Å². The molecule has 0 saturated heterocycles. The summed E-state index contributed by atoms with van der Waals surface area (Å²) >= 11 is 0. The molecule has 1 aromatic carbocycles. The van der Waals surface area contributed by atoms with Crippen molar-refractivity contribution >= 4 is 5.96 Å². The van der Waals surface area contributed by atoms with Crippen molar-refractivity contribution in [1.82, 2.24) is 15.6 Å². The van der Waals surface area contributed by atoms with Gasteiger partial charge in [-0.1, -0.05) is 29.3 Å². The monoisotopic (exact) mass is 340 g/mol. The van der Waals surface area contributed by atoms with Crippen LogP contribution in [0.15, 0.2) is 41.5 Å². The van der Waals surface area contributed by atoms with Crippen LogP contribution in [-0.2, 0) is 13.0 Å². The van der Waals surface area contributed by atoms with Gasteiger partial charge in [-0.15, -0.1) is 0 Å². The SMILES string of the molecule is CCOc1cc(CNC(=NC)NCCc2cc(C)cc(C)c2)ccn1. The third-order valence-corrected chi connectivity index (χ3v) is 3.76. The number of nitrogens with zero attached hydrogens (tertiary/aromatic N) is 2. The fraction of sp³-hybridized carbons (Fsp3) is 0.400. The standard InChI is InChI=1S/C20H28N4O/c1-5-25-19-13-18(7-8-22-19)14-24-20(21-4)23-9-6-17-11-15(2)10-16(3)12-17/h7-8,10-13H,5-6,9,14H2,1-4H3,(H2,21,23,24). The van der Waals surface area contributed by atoms with Crippen LogP contribution in [0.25, 0.3) is 0 Å². The van der Waals surface area contributed by atoms with Crippen LogP contribution in [0.4, 0.5) is 0 Å². The van der Waals surface area contributed by atoms with Gasteiger partial charge in [-0.3, -0.25) is 4.99 Å². The zero-order valence-electron chi connectivity index (χ0n) is 15.6. The van der Waals surface area contributed by atoms with Crippen molar-refractivity contribution in [3.63, 3.8) is 0 Å². The molecule has 1 aromatic heterocycles. The molecule has 1 heterocycles. The molecule has 0 radical (unpaired) electrons. The lowest BCUT2D eigenvalue weighted by molar-refractivity contribution is 0.326. The summed E-state index contributed by atoms with van der Waals surface area (Å²) in [5, 5.41) is 6.68. The Bertz CT molecular complexity index is 692. The number of aryl methyl sites for hydroxylation is 2. The van der Waals surface area contributed by atoms with E-state index in [4.69, 9.17) is 4.74 Å². The van der Waals surface area contributed by atoms with E-state index in [-0.39, 0.29) is 0 Å². The van der Waals surface area contributed by atoms with Crippen LogP contribution in [-0.4, -0.2) is 31.1 Å². The first kappa shape index (κ1) is 18.8. The van der Waals surface area contributed by atoms with E-state index in [9.17, 15) is 0 Å². The maximum absolute atomic E-state index is 5.43. The van der Waals surface area contributed by atoms with Crippen molar-refractivity contribution in [3.05, 3.63) is 58.8 Å². The van der Waals surface area contributed by atoms with E-state index in [0.717, 1.165) is 24.5 Å². The Morgan fingerprint density at radius 3 is 2.52 bits per heavy atom. The second kappa shape index (κ2) is 9.67. The summed E-state index contributed by atoms with van der Waals surface area (Å²) in [4.78, 5) is 8.45. The van der Waals surface area contributed by atoms with Gasteiger partial charge in [0.15, 0.2) is 5.96 Å². The molecule has 0 aliphatic rings. The highest BCUT2D eigenvalue weighted by Gasteiger charge is 2.02. The van der Waals surface area contributed by atoms with E-state index in [1.165, 1.54) is 16.7 Å². The molecule has 0 amide bonds. The minimum absolute atomic E-state index is 0.617. The number of rotatable bonds is 7. The Kier molecular flexibility index (Phi) is 7.26. The molecule has 134 valence electrons. The molecule has 25 heavy (non-hydrogen) atoms. The van der Waals surface area contributed by atoms with Gasteiger partial charge in [0.05, 0.1) is 6.61 Å². The van der Waals surface area contributed by atoms with Gasteiger partial charge >= 0.3 is 0 Å². The molecule has 5 nitrogen and oxygen atoms in total. The van der Waals surface area contributed by atoms with E-state index in [0.29, 0.717) is 19.0 Å². The molecule has 0 atom stereocenters. The average Bonchev–Trinajstić information content (AvgIpc) is 2.58. The van der Waals surface area contributed by atoms with Gasteiger partial charge in [0.25, 0.3) is 0 Å².